The van der Waals surface area contributed by atoms with Gasteiger partial charge in [0.2, 0.25) is 0 Å². The minimum Gasteiger partial charge on any atom is -0.317 e. The average Bonchev–Trinajstić information content (AvgIpc) is 1.89. The quantitative estimate of drug-likeness (QED) is 0.567. The summed E-state index contributed by atoms with van der Waals surface area (Å²) >= 11 is 0. The van der Waals surface area contributed by atoms with E-state index in [0.717, 1.165) is 19.5 Å². The number of rotatable bonds is 6. The van der Waals surface area contributed by atoms with Crippen LogP contribution in [0.4, 0.5) is 4.39 Å². The van der Waals surface area contributed by atoms with Gasteiger partial charge in [0.05, 0.1) is 0 Å². The maximum atomic E-state index is 12.7. The van der Waals surface area contributed by atoms with Crippen molar-refractivity contribution in [2.24, 2.45) is 0 Å². The molecule has 0 aromatic heterocycles. The molecule has 2 heteroatoms. The third-order valence-corrected chi connectivity index (χ3v) is 1.49. The molecule has 0 heterocycles. The Hall–Kier alpha value is -0.110. The molecule has 1 N–H and O–H groups in total. The van der Waals surface area contributed by atoms with Crippen molar-refractivity contribution in [2.75, 3.05) is 13.1 Å². The maximum Gasteiger partial charge on any atom is 0.101 e. The molecule has 0 aromatic carbocycles. The van der Waals surface area contributed by atoms with Crippen LogP contribution in [0.2, 0.25) is 0 Å². The van der Waals surface area contributed by atoms with Crippen LogP contribution >= 0.6 is 0 Å². The number of nitrogens with one attached hydrogen (secondary N) is 1. The summed E-state index contributed by atoms with van der Waals surface area (Å²) in [6.45, 7) is 5.81. The lowest BCUT2D eigenvalue weighted by Crippen LogP contribution is -2.17. The Labute approximate surface area is 63.0 Å². The summed E-state index contributed by atoms with van der Waals surface area (Å²) in [5, 5.41) is 3.10. The molecule has 0 saturated carbocycles. The first-order valence-electron chi connectivity index (χ1n) is 4.16. The smallest absolute Gasteiger partial charge is 0.101 e. The molecule has 62 valence electrons. The fourth-order valence-corrected chi connectivity index (χ4v) is 0.893. The summed E-state index contributed by atoms with van der Waals surface area (Å²) in [4.78, 5) is 0. The van der Waals surface area contributed by atoms with Crippen molar-refractivity contribution in [1.82, 2.24) is 5.32 Å². The van der Waals surface area contributed by atoms with Gasteiger partial charge in [-0.3, -0.25) is 0 Å². The molecule has 1 nitrogen and oxygen atoms in total. The predicted molar refractivity (Wildman–Crippen MR) is 43.0 cm³/mol. The highest BCUT2D eigenvalue weighted by molar-refractivity contribution is 4.56. The van der Waals surface area contributed by atoms with Crippen molar-refractivity contribution in [3.8, 4) is 0 Å². The first kappa shape index (κ1) is 9.89. The van der Waals surface area contributed by atoms with Gasteiger partial charge in [0.15, 0.2) is 0 Å². The zero-order chi connectivity index (χ0) is 7.82. The molecule has 1 unspecified atom stereocenters. The molecule has 0 radical (unpaired) electrons. The second-order valence-corrected chi connectivity index (χ2v) is 2.53. The first-order valence-corrected chi connectivity index (χ1v) is 4.16. The standard InChI is InChI=1S/C8H18FN/c1-3-5-8(9)6-7-10-4-2/h8,10H,3-7H2,1-2H3. The summed E-state index contributed by atoms with van der Waals surface area (Å²) in [6.07, 6.45) is 1.74. The molecule has 0 bridgehead atoms. The fraction of sp³-hybridized carbons (Fsp3) is 1.00. The van der Waals surface area contributed by atoms with Gasteiger partial charge in [-0.25, -0.2) is 4.39 Å². The van der Waals surface area contributed by atoms with Crippen molar-refractivity contribution in [2.45, 2.75) is 39.3 Å². The fourth-order valence-electron chi connectivity index (χ4n) is 0.893. The molecule has 0 spiro atoms. The van der Waals surface area contributed by atoms with Crippen LogP contribution < -0.4 is 5.32 Å². The van der Waals surface area contributed by atoms with Gasteiger partial charge in [-0.1, -0.05) is 20.3 Å². The van der Waals surface area contributed by atoms with Gasteiger partial charge in [0.25, 0.3) is 0 Å². The van der Waals surface area contributed by atoms with Crippen molar-refractivity contribution in [1.29, 1.82) is 0 Å². The molecular weight excluding hydrogens is 129 g/mol. The van der Waals surface area contributed by atoms with Crippen LogP contribution in [0.1, 0.15) is 33.1 Å². The van der Waals surface area contributed by atoms with Crippen LogP contribution in [0.5, 0.6) is 0 Å². The highest BCUT2D eigenvalue weighted by Gasteiger charge is 2.02. The molecule has 0 fully saturated rings. The summed E-state index contributed by atoms with van der Waals surface area (Å²) in [7, 11) is 0. The second-order valence-electron chi connectivity index (χ2n) is 2.53. The van der Waals surface area contributed by atoms with E-state index in [9.17, 15) is 4.39 Å². The second kappa shape index (κ2) is 7.00. The van der Waals surface area contributed by atoms with E-state index in [1.54, 1.807) is 0 Å². The molecule has 0 aliphatic rings. The van der Waals surface area contributed by atoms with Crippen LogP contribution in [-0.4, -0.2) is 19.3 Å². The van der Waals surface area contributed by atoms with Crippen LogP contribution in [0.25, 0.3) is 0 Å². The minimum atomic E-state index is -0.593. The van der Waals surface area contributed by atoms with Gasteiger partial charge in [0, 0.05) is 0 Å². The number of halogens is 1. The molecule has 0 rings (SSSR count). The van der Waals surface area contributed by atoms with Gasteiger partial charge < -0.3 is 5.32 Å². The lowest BCUT2D eigenvalue weighted by Gasteiger charge is -2.05. The molecule has 10 heavy (non-hydrogen) atoms. The normalized spacial score (nSPS) is 13.5. The number of alkyl halides is 1. The number of hydrogen-bond acceptors (Lipinski definition) is 1. The predicted octanol–water partition coefficient (Wildman–Crippen LogP) is 2.12. The topological polar surface area (TPSA) is 12.0 Å². The van der Waals surface area contributed by atoms with Gasteiger partial charge in [-0.2, -0.15) is 0 Å². The van der Waals surface area contributed by atoms with E-state index in [2.05, 4.69) is 5.32 Å². The van der Waals surface area contributed by atoms with Gasteiger partial charge >= 0.3 is 0 Å². The summed E-state index contributed by atoms with van der Waals surface area (Å²) in [6, 6.07) is 0. The van der Waals surface area contributed by atoms with E-state index in [0.29, 0.717) is 12.8 Å². The van der Waals surface area contributed by atoms with Crippen LogP contribution in [0.15, 0.2) is 0 Å². The van der Waals surface area contributed by atoms with Crippen LogP contribution in [-0.2, 0) is 0 Å². The molecule has 0 aliphatic carbocycles. The number of hydrogen-bond donors (Lipinski definition) is 1. The molecule has 0 amide bonds. The van der Waals surface area contributed by atoms with Gasteiger partial charge in [0.1, 0.15) is 6.17 Å². The zero-order valence-corrected chi connectivity index (χ0v) is 6.99. The summed E-state index contributed by atoms with van der Waals surface area (Å²) in [5.41, 5.74) is 0. The Morgan fingerprint density at radius 3 is 2.50 bits per heavy atom. The molecule has 0 aliphatic heterocycles. The Morgan fingerprint density at radius 1 is 1.30 bits per heavy atom. The highest BCUT2D eigenvalue weighted by Crippen LogP contribution is 2.04. The molecule has 0 aromatic rings. The molecule has 0 saturated heterocycles. The highest BCUT2D eigenvalue weighted by atomic mass is 19.1. The van der Waals surface area contributed by atoms with Gasteiger partial charge in [-0.15, -0.1) is 0 Å². The van der Waals surface area contributed by atoms with E-state index in [4.69, 9.17) is 0 Å². The minimum absolute atomic E-state index is 0.593. The Balaban J connectivity index is 2.97. The van der Waals surface area contributed by atoms with Crippen molar-refractivity contribution >= 4 is 0 Å². The van der Waals surface area contributed by atoms with Crippen molar-refractivity contribution in [3.05, 3.63) is 0 Å². The van der Waals surface area contributed by atoms with Crippen molar-refractivity contribution in [3.63, 3.8) is 0 Å². The van der Waals surface area contributed by atoms with Crippen LogP contribution in [0.3, 0.4) is 0 Å². The maximum absolute atomic E-state index is 12.7. The Morgan fingerprint density at radius 2 is 2.00 bits per heavy atom. The van der Waals surface area contributed by atoms with Crippen LogP contribution in [0, 0.1) is 0 Å². The third-order valence-electron chi connectivity index (χ3n) is 1.49. The third kappa shape index (κ3) is 6.02. The van der Waals surface area contributed by atoms with E-state index in [1.165, 1.54) is 0 Å². The first-order chi connectivity index (χ1) is 4.81. The summed E-state index contributed by atoms with van der Waals surface area (Å²) in [5.74, 6) is 0. The largest absolute Gasteiger partial charge is 0.317 e. The lowest BCUT2D eigenvalue weighted by molar-refractivity contribution is 0.291. The lowest BCUT2D eigenvalue weighted by atomic mass is 10.2. The van der Waals surface area contributed by atoms with E-state index < -0.39 is 6.17 Å². The SMILES string of the molecule is CCCC(F)CCNCC. The van der Waals surface area contributed by atoms with Gasteiger partial charge in [-0.05, 0) is 25.9 Å². The van der Waals surface area contributed by atoms with E-state index in [1.807, 2.05) is 13.8 Å². The van der Waals surface area contributed by atoms with E-state index in [-0.39, 0.29) is 0 Å². The van der Waals surface area contributed by atoms with E-state index >= 15 is 0 Å². The zero-order valence-electron chi connectivity index (χ0n) is 6.99. The monoisotopic (exact) mass is 147 g/mol. The average molecular weight is 147 g/mol. The Kier molecular flexibility index (Phi) is 6.93. The van der Waals surface area contributed by atoms with Crippen molar-refractivity contribution < 1.29 is 4.39 Å². The molecule has 1 atom stereocenters. The molecular formula is C8H18FN. The Bertz CT molecular complexity index is 66.3. The summed E-state index contributed by atoms with van der Waals surface area (Å²) < 4.78 is 12.7.